The number of aryl methyl sites for hydroxylation is 1. The Morgan fingerprint density at radius 1 is 1.11 bits per heavy atom. The van der Waals surface area contributed by atoms with Crippen LogP contribution in [-0.4, -0.2) is 59.8 Å². The number of anilines is 1. The quantitative estimate of drug-likeness (QED) is 0.305. The molecule has 10 nitrogen and oxygen atoms in total. The Morgan fingerprint density at radius 2 is 1.93 bits per heavy atom. The third-order valence-electron chi connectivity index (χ3n) is 9.19. The van der Waals surface area contributed by atoms with Crippen molar-refractivity contribution in [2.24, 2.45) is 11.8 Å². The lowest BCUT2D eigenvalue weighted by Gasteiger charge is -2.46. The van der Waals surface area contributed by atoms with Gasteiger partial charge in [-0.2, -0.15) is 5.26 Å². The number of nitrogens with zero attached hydrogens (tertiary/aromatic N) is 3. The summed E-state index contributed by atoms with van der Waals surface area (Å²) in [5.74, 6) is 1.11. The maximum absolute atomic E-state index is 13.8. The van der Waals surface area contributed by atoms with E-state index < -0.39 is 0 Å². The highest BCUT2D eigenvalue weighted by molar-refractivity contribution is 8.04. The second-order valence-corrected chi connectivity index (χ2v) is 13.5. The van der Waals surface area contributed by atoms with Crippen LogP contribution in [0.5, 0.6) is 11.5 Å². The molecule has 1 saturated carbocycles. The van der Waals surface area contributed by atoms with Gasteiger partial charge in [0.25, 0.3) is 11.8 Å². The van der Waals surface area contributed by atoms with Gasteiger partial charge >= 0.3 is 6.03 Å². The van der Waals surface area contributed by atoms with Gasteiger partial charge in [-0.05, 0) is 75.3 Å². The Hall–Kier alpha value is -4.27. The van der Waals surface area contributed by atoms with E-state index >= 15 is 0 Å². The largest absolute Gasteiger partial charge is 0.457 e. The molecule has 5 aliphatic rings. The number of allylic oxidation sites excluding steroid dienone is 1. The molecule has 11 heteroatoms. The first-order valence-electron chi connectivity index (χ1n) is 15.7. The maximum Gasteiger partial charge on any atom is 0.326 e. The van der Waals surface area contributed by atoms with Crippen LogP contribution in [-0.2, 0) is 9.59 Å². The fraction of sp³-hybridized carbons (Fsp3) is 0.412. The summed E-state index contributed by atoms with van der Waals surface area (Å²) in [5.41, 5.74) is 2.61. The van der Waals surface area contributed by atoms with Gasteiger partial charge in [0.05, 0.1) is 22.0 Å². The molecule has 3 N–H and O–H groups in total. The van der Waals surface area contributed by atoms with E-state index in [0.717, 1.165) is 55.6 Å². The van der Waals surface area contributed by atoms with E-state index in [1.54, 1.807) is 11.0 Å². The predicted molar refractivity (Wildman–Crippen MR) is 171 cm³/mol. The molecule has 4 heterocycles. The lowest BCUT2D eigenvalue weighted by Crippen LogP contribution is -2.62. The van der Waals surface area contributed by atoms with Crippen LogP contribution in [0, 0.1) is 30.1 Å². The number of carbonyl (C=O) groups excluding carboxylic acids is 3. The third-order valence-corrected chi connectivity index (χ3v) is 10.5. The lowest BCUT2D eigenvalue weighted by atomic mass is 9.86. The Balaban J connectivity index is 1.09. The average Bonchev–Trinajstić information content (AvgIpc) is 3.80. The summed E-state index contributed by atoms with van der Waals surface area (Å²) in [6.45, 7) is 3.63. The van der Waals surface area contributed by atoms with Crippen LogP contribution in [0.2, 0.25) is 0 Å². The Bertz CT molecular complexity index is 1630. The first-order valence-corrected chi connectivity index (χ1v) is 16.6. The minimum absolute atomic E-state index is 0.0539. The molecule has 232 valence electrons. The number of urea groups is 1. The van der Waals surface area contributed by atoms with Gasteiger partial charge < -0.3 is 25.6 Å². The number of carbonyl (C=O) groups is 3. The van der Waals surface area contributed by atoms with Gasteiger partial charge in [-0.25, -0.2) is 4.79 Å². The third kappa shape index (κ3) is 5.92. The molecular formula is C34H36N6O4S. The number of benzene rings is 2. The number of amides is 4. The SMILES string of the molecule is Cc1ccc(Oc2ccccc2)cc1N1C(=O)NC2=C(C(=O)NC3CCCN(C(=O)/C(C#N)=C/C4CC4)C3)SC3NCCC1C23. The monoisotopic (exact) mass is 624 g/mol. The second kappa shape index (κ2) is 12.3. The van der Waals surface area contributed by atoms with E-state index in [-0.39, 0.29) is 46.8 Å². The van der Waals surface area contributed by atoms with Crippen LogP contribution in [0.4, 0.5) is 10.5 Å². The number of piperidine rings is 2. The molecule has 0 aromatic heterocycles. The van der Waals surface area contributed by atoms with E-state index in [9.17, 15) is 19.6 Å². The lowest BCUT2D eigenvalue weighted by molar-refractivity contribution is -0.129. The summed E-state index contributed by atoms with van der Waals surface area (Å²) in [4.78, 5) is 44.6. The summed E-state index contributed by atoms with van der Waals surface area (Å²) < 4.78 is 6.09. The van der Waals surface area contributed by atoms with Crippen molar-refractivity contribution in [2.45, 2.75) is 56.5 Å². The van der Waals surface area contributed by atoms with Crippen LogP contribution in [0.25, 0.3) is 0 Å². The first kappa shape index (κ1) is 29.4. The van der Waals surface area contributed by atoms with Crippen LogP contribution in [0.3, 0.4) is 0 Å². The van der Waals surface area contributed by atoms with Crippen LogP contribution in [0.1, 0.15) is 37.7 Å². The summed E-state index contributed by atoms with van der Waals surface area (Å²) in [6, 6.07) is 16.8. The molecule has 0 radical (unpaired) electrons. The van der Waals surface area contributed by atoms with Gasteiger partial charge in [0.15, 0.2) is 0 Å². The van der Waals surface area contributed by atoms with Gasteiger partial charge in [-0.15, -0.1) is 0 Å². The number of hydrogen-bond donors (Lipinski definition) is 3. The van der Waals surface area contributed by atoms with Gasteiger partial charge in [-0.3, -0.25) is 14.5 Å². The van der Waals surface area contributed by atoms with Crippen molar-refractivity contribution in [3.05, 3.63) is 76.3 Å². The van der Waals surface area contributed by atoms with Crippen molar-refractivity contribution in [2.75, 3.05) is 24.5 Å². The highest BCUT2D eigenvalue weighted by Gasteiger charge is 2.52. The molecule has 2 aromatic carbocycles. The molecule has 45 heavy (non-hydrogen) atoms. The van der Waals surface area contributed by atoms with Gasteiger partial charge in [0, 0.05) is 36.8 Å². The smallest absolute Gasteiger partial charge is 0.326 e. The van der Waals surface area contributed by atoms with E-state index in [1.165, 1.54) is 11.8 Å². The van der Waals surface area contributed by atoms with E-state index in [1.807, 2.05) is 60.4 Å². The van der Waals surface area contributed by atoms with E-state index in [4.69, 9.17) is 4.74 Å². The maximum atomic E-state index is 13.8. The minimum Gasteiger partial charge on any atom is -0.457 e. The zero-order chi connectivity index (χ0) is 31.1. The highest BCUT2D eigenvalue weighted by atomic mass is 32.2. The van der Waals surface area contributed by atoms with Gasteiger partial charge in [0.1, 0.15) is 23.1 Å². The number of rotatable bonds is 7. The molecule has 2 aromatic rings. The van der Waals surface area contributed by atoms with Gasteiger partial charge in [-0.1, -0.05) is 42.1 Å². The highest BCUT2D eigenvalue weighted by Crippen LogP contribution is 2.48. The molecule has 4 fully saturated rings. The normalized spacial score (nSPS) is 26.1. The summed E-state index contributed by atoms with van der Waals surface area (Å²) in [6.07, 6.45) is 6.06. The Kier molecular flexibility index (Phi) is 8.02. The van der Waals surface area contributed by atoms with E-state index in [0.29, 0.717) is 35.4 Å². The fourth-order valence-corrected chi connectivity index (χ4v) is 8.19. The molecule has 1 aliphatic carbocycles. The van der Waals surface area contributed by atoms with Crippen molar-refractivity contribution >= 4 is 35.3 Å². The molecule has 4 atom stereocenters. The number of hydrogen-bond acceptors (Lipinski definition) is 7. The van der Waals surface area contributed by atoms with Crippen molar-refractivity contribution in [1.82, 2.24) is 20.9 Å². The molecule has 4 amide bonds. The summed E-state index contributed by atoms with van der Waals surface area (Å²) >= 11 is 1.46. The van der Waals surface area contributed by atoms with Crippen molar-refractivity contribution in [3.8, 4) is 17.6 Å². The first-order chi connectivity index (χ1) is 21.9. The topological polar surface area (TPSA) is 127 Å². The zero-order valence-electron chi connectivity index (χ0n) is 25.1. The molecular weight excluding hydrogens is 588 g/mol. The summed E-state index contributed by atoms with van der Waals surface area (Å²) in [7, 11) is 0. The van der Waals surface area contributed by atoms with Crippen molar-refractivity contribution in [1.29, 1.82) is 5.26 Å². The number of para-hydroxylation sites is 1. The van der Waals surface area contributed by atoms with Crippen molar-refractivity contribution in [3.63, 3.8) is 0 Å². The molecule has 7 rings (SSSR count). The Morgan fingerprint density at radius 3 is 2.71 bits per heavy atom. The fourth-order valence-electron chi connectivity index (χ4n) is 6.79. The van der Waals surface area contributed by atoms with E-state index in [2.05, 4.69) is 22.0 Å². The molecule has 0 bridgehead atoms. The standard InChI is InChI=1S/C34H36N6O4S/c1-20-9-12-25(44-24-7-3-2-4-8-24)17-27(20)40-26-13-14-36-32-28(26)29(38-34(40)43)30(45-32)31(41)37-23-6-5-15-39(19-23)33(42)22(18-35)16-21-10-11-21/h2-4,7-9,12,16-17,21,23,26,28,32,36H,5-6,10-11,13-15,19H2,1H3,(H,37,41)(H,38,43)/b22-16+. The molecule has 4 aliphatic heterocycles. The Labute approximate surface area is 266 Å². The number of nitrogens with one attached hydrogen (secondary N) is 3. The summed E-state index contributed by atoms with van der Waals surface area (Å²) in [5, 5.41) is 19.3. The molecule has 3 saturated heterocycles. The zero-order valence-corrected chi connectivity index (χ0v) is 25.9. The number of nitriles is 1. The van der Waals surface area contributed by atoms with Crippen LogP contribution >= 0.6 is 11.8 Å². The molecule has 4 unspecified atom stereocenters. The molecule has 0 spiro atoms. The van der Waals surface area contributed by atoms with Crippen LogP contribution < -0.4 is 25.6 Å². The number of likely N-dealkylation sites (tertiary alicyclic amines) is 1. The van der Waals surface area contributed by atoms with Gasteiger partial charge in [0.2, 0.25) is 0 Å². The average molecular weight is 625 g/mol. The number of thioether (sulfide) groups is 1. The number of ether oxygens (including phenoxy) is 1. The second-order valence-electron chi connectivity index (χ2n) is 12.4. The predicted octanol–water partition coefficient (Wildman–Crippen LogP) is 4.55. The van der Waals surface area contributed by atoms with Crippen molar-refractivity contribution < 1.29 is 19.1 Å². The van der Waals surface area contributed by atoms with Crippen LogP contribution in [0.15, 0.2) is 70.8 Å². The minimum atomic E-state index is -0.263.